The van der Waals surface area contributed by atoms with Gasteiger partial charge in [0.1, 0.15) is 0 Å². The second-order valence-corrected chi connectivity index (χ2v) is 9.48. The molecular weight excluding hydrogens is 426 g/mol. The molecule has 0 spiro atoms. The van der Waals surface area contributed by atoms with E-state index in [1.807, 2.05) is 24.3 Å². The standard InChI is InChI=1S/C22H26F2N2O4S/c1-30-22(27)26-12-4-7-19(25-31(2,28)29)20(26)14-15-5-3-6-18(13-15)16-8-10-17(11-9-16)21(23)24/h3,5-6,8-11,13,19-21,25H,4,7,12,14H2,1-2H3/t19-,20-/m1/s1. The molecule has 2 aromatic carbocycles. The molecule has 0 aromatic heterocycles. The number of halogens is 2. The second-order valence-electron chi connectivity index (χ2n) is 7.70. The minimum absolute atomic E-state index is 0.0366. The summed E-state index contributed by atoms with van der Waals surface area (Å²) in [7, 11) is -2.15. The Kier molecular flexibility index (Phi) is 7.27. The van der Waals surface area contributed by atoms with Gasteiger partial charge in [0.25, 0.3) is 6.43 Å². The van der Waals surface area contributed by atoms with Crippen LogP contribution < -0.4 is 4.72 Å². The van der Waals surface area contributed by atoms with Crippen molar-refractivity contribution >= 4 is 16.1 Å². The molecule has 9 heteroatoms. The molecule has 1 N–H and O–H groups in total. The number of hydrogen-bond donors (Lipinski definition) is 1. The van der Waals surface area contributed by atoms with Gasteiger partial charge in [0.2, 0.25) is 10.0 Å². The molecule has 6 nitrogen and oxygen atoms in total. The van der Waals surface area contributed by atoms with Gasteiger partial charge in [-0.15, -0.1) is 0 Å². The number of hydrogen-bond acceptors (Lipinski definition) is 4. The SMILES string of the molecule is COC(=O)N1CCC[C@@H](NS(C)(=O)=O)[C@H]1Cc1cccc(-c2ccc(C(F)F)cc2)c1. The van der Waals surface area contributed by atoms with Gasteiger partial charge in [0, 0.05) is 18.2 Å². The fourth-order valence-electron chi connectivity index (χ4n) is 4.01. The smallest absolute Gasteiger partial charge is 0.409 e. The van der Waals surface area contributed by atoms with E-state index in [0.717, 1.165) is 22.9 Å². The predicted molar refractivity (Wildman–Crippen MR) is 114 cm³/mol. The number of ether oxygens (including phenoxy) is 1. The molecule has 1 fully saturated rings. The van der Waals surface area contributed by atoms with E-state index in [1.54, 1.807) is 17.0 Å². The van der Waals surface area contributed by atoms with Gasteiger partial charge in [-0.05, 0) is 36.0 Å². The zero-order chi connectivity index (χ0) is 22.6. The minimum Gasteiger partial charge on any atom is -0.453 e. The lowest BCUT2D eigenvalue weighted by molar-refractivity contribution is 0.0792. The van der Waals surface area contributed by atoms with Gasteiger partial charge in [-0.2, -0.15) is 0 Å². The van der Waals surface area contributed by atoms with Crippen molar-refractivity contribution in [1.29, 1.82) is 0 Å². The van der Waals surface area contributed by atoms with E-state index in [0.29, 0.717) is 25.8 Å². The lowest BCUT2D eigenvalue weighted by Gasteiger charge is -2.40. The molecule has 0 saturated carbocycles. The number of sulfonamides is 1. The number of benzene rings is 2. The van der Waals surface area contributed by atoms with Crippen molar-refractivity contribution < 1.29 is 26.7 Å². The Hall–Kier alpha value is -2.52. The summed E-state index contributed by atoms with van der Waals surface area (Å²) in [6, 6.07) is 12.8. The van der Waals surface area contributed by atoms with Crippen LogP contribution in [0.3, 0.4) is 0 Å². The third-order valence-electron chi connectivity index (χ3n) is 5.42. The van der Waals surface area contributed by atoms with Gasteiger partial charge in [-0.3, -0.25) is 0 Å². The zero-order valence-corrected chi connectivity index (χ0v) is 18.2. The predicted octanol–water partition coefficient (Wildman–Crippen LogP) is 3.98. The van der Waals surface area contributed by atoms with Crippen LogP contribution in [0.2, 0.25) is 0 Å². The first-order valence-electron chi connectivity index (χ1n) is 9.97. The van der Waals surface area contributed by atoms with Crippen LogP contribution in [-0.4, -0.2) is 51.4 Å². The van der Waals surface area contributed by atoms with Gasteiger partial charge in [-0.1, -0.05) is 48.5 Å². The normalized spacial score (nSPS) is 19.5. The highest BCUT2D eigenvalue weighted by atomic mass is 32.2. The van der Waals surface area contributed by atoms with Crippen molar-refractivity contribution in [3.05, 3.63) is 59.7 Å². The summed E-state index contributed by atoms with van der Waals surface area (Å²) in [5, 5.41) is 0. The Bertz CT molecular complexity index is 1010. The molecular formula is C22H26F2N2O4S. The molecule has 3 rings (SSSR count). The summed E-state index contributed by atoms with van der Waals surface area (Å²) < 4.78 is 56.9. The number of methoxy groups -OCH3 is 1. The number of likely N-dealkylation sites (tertiary alicyclic amines) is 1. The van der Waals surface area contributed by atoms with Crippen molar-refractivity contribution in [3.63, 3.8) is 0 Å². The number of nitrogens with one attached hydrogen (secondary N) is 1. The number of rotatable bonds is 6. The van der Waals surface area contributed by atoms with E-state index >= 15 is 0 Å². The number of piperidine rings is 1. The maximum Gasteiger partial charge on any atom is 0.409 e. The van der Waals surface area contributed by atoms with Gasteiger partial charge >= 0.3 is 6.09 Å². The molecule has 1 aliphatic heterocycles. The van der Waals surface area contributed by atoms with Gasteiger partial charge in [0.15, 0.2) is 0 Å². The Morgan fingerprint density at radius 3 is 2.52 bits per heavy atom. The Labute approximate surface area is 181 Å². The average Bonchev–Trinajstić information content (AvgIpc) is 2.73. The molecule has 1 heterocycles. The first kappa shape index (κ1) is 23.1. The summed E-state index contributed by atoms with van der Waals surface area (Å²) in [6.45, 7) is 0.480. The molecule has 168 valence electrons. The summed E-state index contributed by atoms with van der Waals surface area (Å²) in [6.07, 6.45) is -0.218. The van der Waals surface area contributed by atoms with E-state index in [2.05, 4.69) is 4.72 Å². The van der Waals surface area contributed by atoms with Gasteiger partial charge in [0.05, 0.1) is 19.4 Å². The van der Waals surface area contributed by atoms with Crippen LogP contribution in [0.1, 0.15) is 30.4 Å². The van der Waals surface area contributed by atoms with E-state index in [1.165, 1.54) is 19.2 Å². The topological polar surface area (TPSA) is 75.7 Å². The number of carbonyl (C=O) groups excluding carboxylic acids is 1. The lowest BCUT2D eigenvalue weighted by Crippen LogP contribution is -2.57. The molecule has 2 atom stereocenters. The second kappa shape index (κ2) is 9.74. The van der Waals surface area contributed by atoms with Crippen LogP contribution in [0.15, 0.2) is 48.5 Å². The highest BCUT2D eigenvalue weighted by molar-refractivity contribution is 7.88. The van der Waals surface area contributed by atoms with Crippen molar-refractivity contribution in [1.82, 2.24) is 9.62 Å². The molecule has 1 saturated heterocycles. The summed E-state index contributed by atoms with van der Waals surface area (Å²) in [5.74, 6) is 0. The summed E-state index contributed by atoms with van der Waals surface area (Å²) in [5.41, 5.74) is 2.51. The monoisotopic (exact) mass is 452 g/mol. The first-order valence-corrected chi connectivity index (χ1v) is 11.9. The minimum atomic E-state index is -3.46. The number of alkyl halides is 2. The highest BCUT2D eigenvalue weighted by Gasteiger charge is 2.36. The molecule has 1 aliphatic rings. The van der Waals surface area contributed by atoms with E-state index in [-0.39, 0.29) is 5.56 Å². The van der Waals surface area contributed by atoms with Crippen LogP contribution in [0.25, 0.3) is 11.1 Å². The third-order valence-corrected chi connectivity index (χ3v) is 6.15. The van der Waals surface area contributed by atoms with E-state index in [4.69, 9.17) is 4.74 Å². The maximum atomic E-state index is 12.8. The fourth-order valence-corrected chi connectivity index (χ4v) is 4.83. The van der Waals surface area contributed by atoms with Crippen molar-refractivity contribution in [2.75, 3.05) is 19.9 Å². The van der Waals surface area contributed by atoms with Crippen LogP contribution in [-0.2, 0) is 21.2 Å². The summed E-state index contributed by atoms with van der Waals surface area (Å²) >= 11 is 0. The van der Waals surface area contributed by atoms with Crippen molar-refractivity contribution in [2.24, 2.45) is 0 Å². The zero-order valence-electron chi connectivity index (χ0n) is 17.4. The van der Waals surface area contributed by atoms with Crippen molar-refractivity contribution in [3.8, 4) is 11.1 Å². The van der Waals surface area contributed by atoms with Crippen LogP contribution >= 0.6 is 0 Å². The van der Waals surface area contributed by atoms with Crippen LogP contribution in [0.5, 0.6) is 0 Å². The number of nitrogens with zero attached hydrogens (tertiary/aromatic N) is 1. The summed E-state index contributed by atoms with van der Waals surface area (Å²) in [4.78, 5) is 13.9. The van der Waals surface area contributed by atoms with Gasteiger partial charge < -0.3 is 9.64 Å². The maximum absolute atomic E-state index is 12.8. The molecule has 31 heavy (non-hydrogen) atoms. The lowest BCUT2D eigenvalue weighted by atomic mass is 9.90. The molecule has 2 aromatic rings. The number of amides is 1. The van der Waals surface area contributed by atoms with Crippen LogP contribution in [0.4, 0.5) is 13.6 Å². The third kappa shape index (κ3) is 6.01. The molecule has 0 unspecified atom stereocenters. The van der Waals surface area contributed by atoms with Crippen LogP contribution in [0, 0.1) is 0 Å². The Morgan fingerprint density at radius 2 is 1.90 bits per heavy atom. The van der Waals surface area contributed by atoms with Gasteiger partial charge in [-0.25, -0.2) is 26.7 Å². The fraction of sp³-hybridized carbons (Fsp3) is 0.409. The van der Waals surface area contributed by atoms with E-state index < -0.39 is 34.6 Å². The Balaban J connectivity index is 1.88. The van der Waals surface area contributed by atoms with E-state index in [9.17, 15) is 22.0 Å². The molecule has 1 amide bonds. The molecule has 0 bridgehead atoms. The Morgan fingerprint density at radius 1 is 1.19 bits per heavy atom. The first-order chi connectivity index (χ1) is 14.7. The quantitative estimate of drug-likeness (QED) is 0.719. The number of carbonyl (C=O) groups is 1. The largest absolute Gasteiger partial charge is 0.453 e. The molecule has 0 aliphatic carbocycles. The average molecular weight is 453 g/mol. The molecule has 0 radical (unpaired) electrons. The van der Waals surface area contributed by atoms with Crippen molar-refractivity contribution in [2.45, 2.75) is 37.8 Å². The highest BCUT2D eigenvalue weighted by Crippen LogP contribution is 2.27.